The van der Waals surface area contributed by atoms with Crippen LogP contribution in [0.15, 0.2) is 53.0 Å². The SMILES string of the molecule is CC(C)CN1C(=O)[C@@](O)(CC(=O)c2cccc(Br)c2)c2ccccc21. The first-order valence-electron chi connectivity index (χ1n) is 8.25. The van der Waals surface area contributed by atoms with E-state index in [4.69, 9.17) is 0 Å². The molecule has 25 heavy (non-hydrogen) atoms. The minimum Gasteiger partial charge on any atom is -0.375 e. The van der Waals surface area contributed by atoms with Crippen molar-refractivity contribution in [2.24, 2.45) is 5.92 Å². The summed E-state index contributed by atoms with van der Waals surface area (Å²) >= 11 is 3.34. The lowest BCUT2D eigenvalue weighted by atomic mass is 9.88. The Bertz CT molecular complexity index is 833. The zero-order chi connectivity index (χ0) is 18.2. The second-order valence-electron chi connectivity index (χ2n) is 6.80. The summed E-state index contributed by atoms with van der Waals surface area (Å²) in [4.78, 5) is 27.3. The quantitative estimate of drug-likeness (QED) is 0.772. The lowest BCUT2D eigenvalue weighted by Gasteiger charge is -2.23. The highest BCUT2D eigenvalue weighted by Gasteiger charge is 2.50. The van der Waals surface area contributed by atoms with Crippen molar-refractivity contribution in [1.82, 2.24) is 0 Å². The Morgan fingerprint density at radius 2 is 1.92 bits per heavy atom. The van der Waals surface area contributed by atoms with E-state index < -0.39 is 11.5 Å². The molecule has 0 unspecified atom stereocenters. The molecule has 0 spiro atoms. The number of hydrogen-bond acceptors (Lipinski definition) is 3. The summed E-state index contributed by atoms with van der Waals surface area (Å²) in [6.45, 7) is 4.53. The van der Waals surface area contributed by atoms with Crippen molar-refractivity contribution in [2.75, 3.05) is 11.4 Å². The number of carbonyl (C=O) groups excluding carboxylic acids is 2. The maximum atomic E-state index is 13.0. The molecule has 0 saturated carbocycles. The van der Waals surface area contributed by atoms with Crippen molar-refractivity contribution in [3.63, 3.8) is 0 Å². The molecule has 0 radical (unpaired) electrons. The molecule has 0 bridgehead atoms. The Hall–Kier alpha value is -1.98. The molecule has 130 valence electrons. The minimum atomic E-state index is -1.81. The largest absolute Gasteiger partial charge is 0.375 e. The second-order valence-corrected chi connectivity index (χ2v) is 7.71. The van der Waals surface area contributed by atoms with Gasteiger partial charge in [0.1, 0.15) is 0 Å². The van der Waals surface area contributed by atoms with Gasteiger partial charge in [-0.25, -0.2) is 0 Å². The van der Waals surface area contributed by atoms with Crippen LogP contribution in [0.3, 0.4) is 0 Å². The van der Waals surface area contributed by atoms with Crippen LogP contribution in [0.2, 0.25) is 0 Å². The van der Waals surface area contributed by atoms with Gasteiger partial charge in [-0.3, -0.25) is 9.59 Å². The summed E-state index contributed by atoms with van der Waals surface area (Å²) in [6, 6.07) is 14.1. The molecule has 2 aromatic carbocycles. The highest BCUT2D eigenvalue weighted by Crippen LogP contribution is 2.43. The number of Topliss-reactive ketones (excluding diaryl/α,β-unsaturated/α-hetero) is 1. The van der Waals surface area contributed by atoms with E-state index in [0.717, 1.165) is 4.47 Å². The van der Waals surface area contributed by atoms with Gasteiger partial charge in [0, 0.05) is 22.1 Å². The molecule has 1 aliphatic rings. The van der Waals surface area contributed by atoms with Crippen LogP contribution in [0, 0.1) is 5.92 Å². The van der Waals surface area contributed by atoms with Gasteiger partial charge in [-0.2, -0.15) is 0 Å². The van der Waals surface area contributed by atoms with E-state index in [1.54, 1.807) is 35.2 Å². The second kappa shape index (κ2) is 6.73. The summed E-state index contributed by atoms with van der Waals surface area (Å²) in [5, 5.41) is 11.2. The Balaban J connectivity index is 1.97. The zero-order valence-electron chi connectivity index (χ0n) is 14.2. The molecule has 3 rings (SSSR count). The maximum absolute atomic E-state index is 13.0. The summed E-state index contributed by atoms with van der Waals surface area (Å²) in [5.74, 6) is -0.441. The van der Waals surface area contributed by atoms with Gasteiger partial charge in [-0.05, 0) is 24.1 Å². The number of nitrogens with zero attached hydrogens (tertiary/aromatic N) is 1. The van der Waals surface area contributed by atoms with E-state index in [-0.39, 0.29) is 18.1 Å². The normalized spacial score (nSPS) is 19.4. The molecule has 0 saturated heterocycles. The van der Waals surface area contributed by atoms with Crippen molar-refractivity contribution < 1.29 is 14.7 Å². The summed E-state index contributed by atoms with van der Waals surface area (Å²) in [5.41, 5.74) is -0.157. The number of hydrogen-bond donors (Lipinski definition) is 1. The number of benzene rings is 2. The third kappa shape index (κ3) is 3.26. The standard InChI is InChI=1S/C20H20BrNO3/c1-13(2)12-22-17-9-4-3-8-16(17)20(25,19(22)24)11-18(23)14-6-5-7-15(21)10-14/h3-10,13,25H,11-12H2,1-2H3/t20-/m1/s1. The van der Waals surface area contributed by atoms with E-state index in [2.05, 4.69) is 15.9 Å². The highest BCUT2D eigenvalue weighted by atomic mass is 79.9. The van der Waals surface area contributed by atoms with Crippen molar-refractivity contribution in [3.05, 3.63) is 64.1 Å². The predicted octanol–water partition coefficient (Wildman–Crippen LogP) is 3.91. The van der Waals surface area contributed by atoms with E-state index in [9.17, 15) is 14.7 Å². The number of rotatable bonds is 5. The molecule has 1 heterocycles. The van der Waals surface area contributed by atoms with Gasteiger partial charge in [0.2, 0.25) is 0 Å². The van der Waals surface area contributed by atoms with E-state index in [1.165, 1.54) is 0 Å². The number of fused-ring (bicyclic) bond motifs is 1. The maximum Gasteiger partial charge on any atom is 0.264 e. The van der Waals surface area contributed by atoms with Crippen molar-refractivity contribution in [1.29, 1.82) is 0 Å². The molecule has 4 nitrogen and oxygen atoms in total. The van der Waals surface area contributed by atoms with Gasteiger partial charge in [0.05, 0.1) is 12.1 Å². The number of carbonyl (C=O) groups is 2. The first-order valence-corrected chi connectivity index (χ1v) is 9.05. The van der Waals surface area contributed by atoms with Crippen LogP contribution in [-0.4, -0.2) is 23.3 Å². The van der Waals surface area contributed by atoms with Crippen LogP contribution in [0.25, 0.3) is 0 Å². The molecule has 2 aromatic rings. The monoisotopic (exact) mass is 401 g/mol. The summed E-state index contributed by atoms with van der Waals surface area (Å²) in [7, 11) is 0. The van der Waals surface area contributed by atoms with Gasteiger partial charge < -0.3 is 10.0 Å². The molecular weight excluding hydrogens is 382 g/mol. The van der Waals surface area contributed by atoms with Crippen LogP contribution >= 0.6 is 15.9 Å². The molecule has 1 amide bonds. The third-order valence-corrected chi connectivity index (χ3v) is 4.84. The lowest BCUT2D eigenvalue weighted by Crippen LogP contribution is -2.43. The number of anilines is 1. The number of para-hydroxylation sites is 1. The van der Waals surface area contributed by atoms with Crippen molar-refractivity contribution >= 4 is 33.3 Å². The molecule has 1 N–H and O–H groups in total. The smallest absolute Gasteiger partial charge is 0.264 e. The van der Waals surface area contributed by atoms with Crippen LogP contribution in [0.5, 0.6) is 0 Å². The van der Waals surface area contributed by atoms with Crippen LogP contribution in [0.1, 0.15) is 36.2 Å². The van der Waals surface area contributed by atoms with Crippen LogP contribution in [0.4, 0.5) is 5.69 Å². The average molecular weight is 402 g/mol. The van der Waals surface area contributed by atoms with Crippen molar-refractivity contribution in [2.45, 2.75) is 25.9 Å². The number of amides is 1. The minimum absolute atomic E-state index is 0.250. The molecular formula is C20H20BrNO3. The fraction of sp³-hybridized carbons (Fsp3) is 0.300. The van der Waals surface area contributed by atoms with Gasteiger partial charge in [-0.1, -0.05) is 60.1 Å². The first kappa shape index (κ1) is 17.8. The van der Waals surface area contributed by atoms with Gasteiger partial charge in [-0.15, -0.1) is 0 Å². The molecule has 5 heteroatoms. The Morgan fingerprint density at radius 3 is 2.60 bits per heavy atom. The van der Waals surface area contributed by atoms with E-state index in [1.807, 2.05) is 32.0 Å². The first-order chi connectivity index (χ1) is 11.8. The van der Waals surface area contributed by atoms with Gasteiger partial charge in [0.15, 0.2) is 11.4 Å². The van der Waals surface area contributed by atoms with E-state index >= 15 is 0 Å². The van der Waals surface area contributed by atoms with Gasteiger partial charge in [0.25, 0.3) is 5.91 Å². The van der Waals surface area contributed by atoms with Gasteiger partial charge >= 0.3 is 0 Å². The third-order valence-electron chi connectivity index (χ3n) is 4.35. The molecule has 0 aromatic heterocycles. The highest BCUT2D eigenvalue weighted by molar-refractivity contribution is 9.10. The number of ketones is 1. The fourth-order valence-electron chi connectivity index (χ4n) is 3.22. The predicted molar refractivity (Wildman–Crippen MR) is 101 cm³/mol. The zero-order valence-corrected chi connectivity index (χ0v) is 15.8. The summed E-state index contributed by atoms with van der Waals surface area (Å²) in [6.07, 6.45) is -0.270. The fourth-order valence-corrected chi connectivity index (χ4v) is 3.62. The topological polar surface area (TPSA) is 57.6 Å². The summed E-state index contributed by atoms with van der Waals surface area (Å²) < 4.78 is 0.782. The number of halogens is 1. The van der Waals surface area contributed by atoms with Crippen LogP contribution < -0.4 is 4.90 Å². The Morgan fingerprint density at radius 1 is 1.20 bits per heavy atom. The molecule has 0 aliphatic carbocycles. The molecule has 0 fully saturated rings. The Labute approximate surface area is 155 Å². The average Bonchev–Trinajstić information content (AvgIpc) is 2.77. The molecule has 1 aliphatic heterocycles. The van der Waals surface area contributed by atoms with Crippen LogP contribution in [-0.2, 0) is 10.4 Å². The molecule has 1 atom stereocenters. The van der Waals surface area contributed by atoms with Crippen molar-refractivity contribution in [3.8, 4) is 0 Å². The number of aliphatic hydroxyl groups is 1. The van der Waals surface area contributed by atoms with E-state index in [0.29, 0.717) is 23.4 Å². The Kier molecular flexibility index (Phi) is 4.80. The lowest BCUT2D eigenvalue weighted by molar-refractivity contribution is -0.136.